The highest BCUT2D eigenvalue weighted by atomic mass is 127. The Hall–Kier alpha value is -0.380. The quantitative estimate of drug-likeness (QED) is 0.281. The second kappa shape index (κ2) is 12.9. The van der Waals surface area contributed by atoms with Crippen molar-refractivity contribution in [1.29, 1.82) is 0 Å². The maximum Gasteiger partial charge on any atom is 0.191 e. The Kier molecular flexibility index (Phi) is 11.7. The predicted molar refractivity (Wildman–Crippen MR) is 116 cm³/mol. The van der Waals surface area contributed by atoms with Crippen molar-refractivity contribution in [3.8, 4) is 0 Å². The fourth-order valence-electron chi connectivity index (χ4n) is 2.73. The van der Waals surface area contributed by atoms with Crippen LogP contribution in [0.15, 0.2) is 21.8 Å². The van der Waals surface area contributed by atoms with Crippen molar-refractivity contribution in [2.45, 2.75) is 26.3 Å². The lowest BCUT2D eigenvalue weighted by molar-refractivity contribution is 0.274. The molecule has 0 radical (unpaired) electrons. The lowest BCUT2D eigenvalue weighted by atomic mass is 10.3. The fourth-order valence-corrected chi connectivity index (χ4v) is 3.39. The first-order valence-electron chi connectivity index (χ1n) is 8.72. The molecule has 1 saturated heterocycles. The van der Waals surface area contributed by atoms with Crippen LogP contribution in [0, 0.1) is 0 Å². The molecule has 0 aliphatic carbocycles. The van der Waals surface area contributed by atoms with E-state index in [4.69, 9.17) is 0 Å². The van der Waals surface area contributed by atoms with E-state index < -0.39 is 0 Å². The minimum absolute atomic E-state index is 0. The standard InChI is InChI=1S/C17H31N5S.HI/c1-3-18-17(20-14-16-6-13-23-15-16)19-7-4-9-22-10-5-8-21(2)11-12-22;/h6,13,15H,3-5,7-12,14H2,1-2H3,(H2,18,19,20);1H. The summed E-state index contributed by atoms with van der Waals surface area (Å²) in [5.41, 5.74) is 1.28. The van der Waals surface area contributed by atoms with E-state index in [2.05, 4.69) is 56.2 Å². The van der Waals surface area contributed by atoms with Crippen molar-refractivity contribution in [1.82, 2.24) is 20.4 Å². The molecule has 0 bridgehead atoms. The van der Waals surface area contributed by atoms with Gasteiger partial charge in [-0.25, -0.2) is 4.99 Å². The second-order valence-corrected chi connectivity index (χ2v) is 6.89. The molecule has 0 aromatic carbocycles. The van der Waals surface area contributed by atoms with Gasteiger partial charge in [-0.1, -0.05) is 0 Å². The fraction of sp³-hybridized carbons (Fsp3) is 0.706. The smallest absolute Gasteiger partial charge is 0.191 e. The third-order valence-corrected chi connectivity index (χ3v) is 4.83. The van der Waals surface area contributed by atoms with Gasteiger partial charge in [0.15, 0.2) is 5.96 Å². The molecular weight excluding hydrogens is 433 g/mol. The number of hydrogen-bond donors (Lipinski definition) is 2. The van der Waals surface area contributed by atoms with Crippen LogP contribution < -0.4 is 10.6 Å². The van der Waals surface area contributed by atoms with E-state index in [9.17, 15) is 0 Å². The second-order valence-electron chi connectivity index (χ2n) is 6.11. The summed E-state index contributed by atoms with van der Waals surface area (Å²) in [5, 5.41) is 11.0. The summed E-state index contributed by atoms with van der Waals surface area (Å²) in [7, 11) is 2.22. The van der Waals surface area contributed by atoms with Crippen molar-refractivity contribution in [3.05, 3.63) is 22.4 Å². The van der Waals surface area contributed by atoms with Crippen LogP contribution in [0.4, 0.5) is 0 Å². The Morgan fingerprint density at radius 2 is 2.12 bits per heavy atom. The third-order valence-electron chi connectivity index (χ3n) is 4.10. The van der Waals surface area contributed by atoms with Gasteiger partial charge >= 0.3 is 0 Å². The van der Waals surface area contributed by atoms with E-state index in [1.807, 2.05) is 0 Å². The van der Waals surface area contributed by atoms with Gasteiger partial charge in [0.05, 0.1) is 6.54 Å². The van der Waals surface area contributed by atoms with E-state index in [-0.39, 0.29) is 24.0 Å². The molecule has 1 aliphatic heterocycles. The van der Waals surface area contributed by atoms with Gasteiger partial charge in [-0.3, -0.25) is 0 Å². The number of nitrogens with one attached hydrogen (secondary N) is 2. The summed E-state index contributed by atoms with van der Waals surface area (Å²) in [6, 6.07) is 2.13. The van der Waals surface area contributed by atoms with Crippen molar-refractivity contribution in [3.63, 3.8) is 0 Å². The van der Waals surface area contributed by atoms with Crippen LogP contribution in [0.2, 0.25) is 0 Å². The number of rotatable bonds is 7. The van der Waals surface area contributed by atoms with Crippen LogP contribution in [0.5, 0.6) is 0 Å². The Labute approximate surface area is 167 Å². The Bertz CT molecular complexity index is 452. The first-order chi connectivity index (χ1) is 11.3. The van der Waals surface area contributed by atoms with E-state index in [0.717, 1.165) is 32.0 Å². The highest BCUT2D eigenvalue weighted by Crippen LogP contribution is 2.06. The average Bonchev–Trinajstić information content (AvgIpc) is 2.98. The normalized spacial score (nSPS) is 17.2. The van der Waals surface area contributed by atoms with Gasteiger partial charge in [0.1, 0.15) is 0 Å². The number of guanidine groups is 1. The van der Waals surface area contributed by atoms with Crippen LogP contribution in [0.1, 0.15) is 25.3 Å². The van der Waals surface area contributed by atoms with Crippen LogP contribution in [0.3, 0.4) is 0 Å². The van der Waals surface area contributed by atoms with Crippen LogP contribution in [-0.4, -0.2) is 68.6 Å². The number of thiophene rings is 1. The molecule has 2 heterocycles. The highest BCUT2D eigenvalue weighted by Gasteiger charge is 2.11. The molecule has 5 nitrogen and oxygen atoms in total. The average molecular weight is 465 g/mol. The summed E-state index contributed by atoms with van der Waals surface area (Å²) < 4.78 is 0. The number of halogens is 1. The van der Waals surface area contributed by atoms with Crippen molar-refractivity contribution >= 4 is 41.3 Å². The molecule has 2 N–H and O–H groups in total. The topological polar surface area (TPSA) is 42.9 Å². The largest absolute Gasteiger partial charge is 0.357 e. The third kappa shape index (κ3) is 8.64. The van der Waals surface area contributed by atoms with Crippen molar-refractivity contribution in [2.24, 2.45) is 4.99 Å². The van der Waals surface area contributed by atoms with Gasteiger partial charge in [0.2, 0.25) is 0 Å². The minimum Gasteiger partial charge on any atom is -0.357 e. The first kappa shape index (κ1) is 21.7. The number of aliphatic imine (C=N–C) groups is 1. The van der Waals surface area contributed by atoms with Gasteiger partial charge in [-0.2, -0.15) is 11.3 Å². The monoisotopic (exact) mass is 465 g/mol. The summed E-state index contributed by atoms with van der Waals surface area (Å²) in [4.78, 5) is 9.66. The maximum atomic E-state index is 4.65. The summed E-state index contributed by atoms with van der Waals surface area (Å²) in [6.07, 6.45) is 2.45. The van der Waals surface area contributed by atoms with Crippen molar-refractivity contribution in [2.75, 3.05) is 52.9 Å². The number of hydrogen-bond acceptors (Lipinski definition) is 4. The molecule has 1 fully saturated rings. The predicted octanol–water partition coefficient (Wildman–Crippen LogP) is 2.45. The lowest BCUT2D eigenvalue weighted by Gasteiger charge is -2.20. The molecule has 1 aromatic heterocycles. The molecule has 1 aromatic rings. The highest BCUT2D eigenvalue weighted by molar-refractivity contribution is 14.0. The van der Waals surface area contributed by atoms with E-state index in [1.54, 1.807) is 11.3 Å². The molecule has 24 heavy (non-hydrogen) atoms. The van der Waals surface area contributed by atoms with Crippen LogP contribution >= 0.6 is 35.3 Å². The van der Waals surface area contributed by atoms with E-state index >= 15 is 0 Å². The maximum absolute atomic E-state index is 4.65. The molecule has 138 valence electrons. The Balaban J connectivity index is 0.00000288. The molecule has 0 spiro atoms. The first-order valence-corrected chi connectivity index (χ1v) is 9.66. The van der Waals surface area contributed by atoms with E-state index in [1.165, 1.54) is 44.7 Å². The Morgan fingerprint density at radius 3 is 2.88 bits per heavy atom. The Morgan fingerprint density at radius 1 is 1.25 bits per heavy atom. The van der Waals surface area contributed by atoms with Crippen LogP contribution in [-0.2, 0) is 6.54 Å². The summed E-state index contributed by atoms with van der Waals surface area (Å²) >= 11 is 1.72. The van der Waals surface area contributed by atoms with Gasteiger partial charge in [0.25, 0.3) is 0 Å². The molecule has 0 atom stereocenters. The van der Waals surface area contributed by atoms with Gasteiger partial charge in [-0.15, -0.1) is 24.0 Å². The SMILES string of the molecule is CCNC(=NCc1ccsc1)NCCCN1CCCN(C)CC1.I. The van der Waals surface area contributed by atoms with Gasteiger partial charge in [-0.05, 0) is 68.8 Å². The summed E-state index contributed by atoms with van der Waals surface area (Å²) in [6.45, 7) is 10.7. The molecule has 7 heteroatoms. The molecular formula is C17H32IN5S. The zero-order valence-electron chi connectivity index (χ0n) is 15.0. The molecule has 0 amide bonds. The van der Waals surface area contributed by atoms with Gasteiger partial charge < -0.3 is 20.4 Å². The number of likely N-dealkylation sites (N-methyl/N-ethyl adjacent to an activating group) is 1. The summed E-state index contributed by atoms with van der Waals surface area (Å²) in [5.74, 6) is 0.925. The van der Waals surface area contributed by atoms with Crippen LogP contribution in [0.25, 0.3) is 0 Å². The zero-order chi connectivity index (χ0) is 16.3. The van der Waals surface area contributed by atoms with E-state index in [0.29, 0.717) is 0 Å². The molecule has 0 unspecified atom stereocenters. The lowest BCUT2D eigenvalue weighted by Crippen LogP contribution is -2.39. The molecule has 2 rings (SSSR count). The van der Waals surface area contributed by atoms with Crippen molar-refractivity contribution < 1.29 is 0 Å². The zero-order valence-corrected chi connectivity index (χ0v) is 18.1. The molecule has 0 saturated carbocycles. The van der Waals surface area contributed by atoms with Gasteiger partial charge in [0, 0.05) is 26.2 Å². The molecule has 1 aliphatic rings. The number of nitrogens with zero attached hydrogens (tertiary/aromatic N) is 3. The minimum atomic E-state index is 0.